The number of hydrogen-bond acceptors (Lipinski definition) is 4. The Labute approximate surface area is 156 Å². The van der Waals surface area contributed by atoms with E-state index < -0.39 is 6.10 Å². The van der Waals surface area contributed by atoms with E-state index in [1.54, 1.807) is 41.9 Å². The van der Waals surface area contributed by atoms with Gasteiger partial charge in [0.25, 0.3) is 0 Å². The maximum absolute atomic E-state index is 14.6. The fourth-order valence-electron chi connectivity index (χ4n) is 3.63. The third-order valence-electron chi connectivity index (χ3n) is 4.80. The Morgan fingerprint density at radius 2 is 2.04 bits per heavy atom. The fourth-order valence-corrected chi connectivity index (χ4v) is 4.47. The van der Waals surface area contributed by atoms with Crippen LogP contribution in [-0.4, -0.2) is 28.6 Å². The van der Waals surface area contributed by atoms with Gasteiger partial charge in [0.15, 0.2) is 0 Å². The maximum Gasteiger partial charge on any atom is 0.132 e. The second-order valence-corrected chi connectivity index (χ2v) is 7.40. The summed E-state index contributed by atoms with van der Waals surface area (Å²) in [6.07, 6.45) is 2.51. The number of aliphatic hydroxyl groups is 1. The van der Waals surface area contributed by atoms with Gasteiger partial charge in [-0.1, -0.05) is 24.3 Å². The van der Waals surface area contributed by atoms with E-state index in [1.165, 1.54) is 10.9 Å². The predicted molar refractivity (Wildman–Crippen MR) is 102 cm³/mol. The van der Waals surface area contributed by atoms with Crippen molar-refractivity contribution in [3.8, 4) is 0 Å². The molecule has 3 heterocycles. The molecular formula is C21H19FN2OS. The minimum Gasteiger partial charge on any atom is -0.384 e. The normalized spacial score (nSPS) is 18.4. The van der Waals surface area contributed by atoms with Crippen LogP contribution < -0.4 is 0 Å². The molecule has 1 aliphatic rings. The maximum atomic E-state index is 14.6. The summed E-state index contributed by atoms with van der Waals surface area (Å²) in [6, 6.07) is 14.5. The summed E-state index contributed by atoms with van der Waals surface area (Å²) < 4.78 is 14.6. The second-order valence-electron chi connectivity index (χ2n) is 6.42. The number of hydrogen-bond donors (Lipinski definition) is 1. The molecule has 132 valence electrons. The Balaban J connectivity index is 1.91. The van der Waals surface area contributed by atoms with Gasteiger partial charge in [0, 0.05) is 53.6 Å². The molecule has 3 aromatic rings. The van der Waals surface area contributed by atoms with Crippen molar-refractivity contribution in [2.24, 2.45) is 0 Å². The van der Waals surface area contributed by atoms with Gasteiger partial charge in [-0.25, -0.2) is 4.39 Å². The van der Waals surface area contributed by atoms with Crippen molar-refractivity contribution in [3.05, 3.63) is 93.7 Å². The number of rotatable bonds is 4. The molecule has 2 unspecified atom stereocenters. The first kappa shape index (κ1) is 16.9. The SMILES string of the molecule is CN1CC(c2cccs2)C(C(O)c2cccnc2)=C1c1ccccc1F. The topological polar surface area (TPSA) is 36.4 Å². The highest BCUT2D eigenvalue weighted by molar-refractivity contribution is 7.10. The average molecular weight is 366 g/mol. The molecule has 1 N–H and O–H groups in total. The molecule has 0 saturated heterocycles. The standard InChI is InChI=1S/C21H19FN2OS/c1-24-13-16(18-9-5-11-26-18)19(21(25)14-6-4-10-23-12-14)20(24)15-7-2-3-8-17(15)22/h2-12,16,21,25H,13H2,1H3. The Morgan fingerprint density at radius 1 is 1.19 bits per heavy atom. The molecule has 0 fully saturated rings. The lowest BCUT2D eigenvalue weighted by Gasteiger charge is -2.20. The van der Waals surface area contributed by atoms with Crippen molar-refractivity contribution in [2.75, 3.05) is 13.6 Å². The molecule has 26 heavy (non-hydrogen) atoms. The first-order chi connectivity index (χ1) is 12.7. The van der Waals surface area contributed by atoms with Crippen LogP contribution in [0.1, 0.15) is 28.0 Å². The Bertz CT molecular complexity index is 924. The number of nitrogens with zero attached hydrogens (tertiary/aromatic N) is 2. The molecule has 0 amide bonds. The molecule has 0 aliphatic carbocycles. The summed E-state index contributed by atoms with van der Waals surface area (Å²) >= 11 is 1.66. The second kappa shape index (κ2) is 7.02. The van der Waals surface area contributed by atoms with Gasteiger partial charge in [-0.2, -0.15) is 0 Å². The number of aliphatic hydroxyl groups excluding tert-OH is 1. The van der Waals surface area contributed by atoms with Crippen molar-refractivity contribution >= 4 is 17.0 Å². The molecule has 5 heteroatoms. The van der Waals surface area contributed by atoms with E-state index >= 15 is 0 Å². The highest BCUT2D eigenvalue weighted by Crippen LogP contribution is 2.47. The van der Waals surface area contributed by atoms with Gasteiger partial charge < -0.3 is 10.0 Å². The van der Waals surface area contributed by atoms with Gasteiger partial charge >= 0.3 is 0 Å². The largest absolute Gasteiger partial charge is 0.384 e. The summed E-state index contributed by atoms with van der Waals surface area (Å²) in [4.78, 5) is 7.34. The van der Waals surface area contributed by atoms with Crippen LogP contribution in [0.4, 0.5) is 4.39 Å². The van der Waals surface area contributed by atoms with Crippen LogP contribution in [0, 0.1) is 5.82 Å². The van der Waals surface area contributed by atoms with Crippen molar-refractivity contribution in [1.82, 2.24) is 9.88 Å². The van der Waals surface area contributed by atoms with Crippen molar-refractivity contribution in [3.63, 3.8) is 0 Å². The zero-order valence-corrected chi connectivity index (χ0v) is 15.2. The molecule has 2 aromatic heterocycles. The predicted octanol–water partition coefficient (Wildman–Crippen LogP) is 4.46. The lowest BCUT2D eigenvalue weighted by Crippen LogP contribution is -2.15. The van der Waals surface area contributed by atoms with Crippen molar-refractivity contribution < 1.29 is 9.50 Å². The first-order valence-corrected chi connectivity index (χ1v) is 9.36. The summed E-state index contributed by atoms with van der Waals surface area (Å²) in [5.74, 6) is -0.262. The zero-order chi connectivity index (χ0) is 18.1. The molecule has 0 radical (unpaired) electrons. The molecule has 3 nitrogen and oxygen atoms in total. The van der Waals surface area contributed by atoms with Gasteiger partial charge in [-0.3, -0.25) is 4.98 Å². The minimum atomic E-state index is -0.838. The van der Waals surface area contributed by atoms with Gasteiger partial charge in [-0.05, 0) is 35.2 Å². The third-order valence-corrected chi connectivity index (χ3v) is 5.78. The minimum absolute atomic E-state index is 0.0183. The Hall–Kier alpha value is -2.50. The third kappa shape index (κ3) is 2.93. The zero-order valence-electron chi connectivity index (χ0n) is 14.3. The van der Waals surface area contributed by atoms with E-state index in [2.05, 4.69) is 11.1 Å². The summed E-state index contributed by atoms with van der Waals surface area (Å²) in [5, 5.41) is 13.2. The van der Waals surface area contributed by atoms with Crippen molar-refractivity contribution in [2.45, 2.75) is 12.0 Å². The first-order valence-electron chi connectivity index (χ1n) is 8.48. The van der Waals surface area contributed by atoms with Crippen LogP contribution in [-0.2, 0) is 0 Å². The van der Waals surface area contributed by atoms with E-state index in [9.17, 15) is 9.50 Å². The van der Waals surface area contributed by atoms with Crippen LogP contribution in [0.2, 0.25) is 0 Å². The monoisotopic (exact) mass is 366 g/mol. The summed E-state index contributed by atoms with van der Waals surface area (Å²) in [7, 11) is 1.95. The van der Waals surface area contributed by atoms with Crippen LogP contribution in [0.25, 0.3) is 5.70 Å². The average Bonchev–Trinajstić information content (AvgIpc) is 3.30. The van der Waals surface area contributed by atoms with Crippen LogP contribution in [0.5, 0.6) is 0 Å². The van der Waals surface area contributed by atoms with Crippen LogP contribution in [0.15, 0.2) is 71.9 Å². The van der Waals surface area contributed by atoms with Crippen LogP contribution >= 0.6 is 11.3 Å². The number of halogens is 1. The number of aromatic nitrogens is 1. The molecular weight excluding hydrogens is 347 g/mol. The van der Waals surface area contributed by atoms with Crippen molar-refractivity contribution in [1.29, 1.82) is 0 Å². The molecule has 2 atom stereocenters. The summed E-state index contributed by atoms with van der Waals surface area (Å²) in [6.45, 7) is 0.705. The number of benzene rings is 1. The van der Waals surface area contributed by atoms with E-state index in [0.29, 0.717) is 17.7 Å². The molecule has 0 saturated carbocycles. The van der Waals surface area contributed by atoms with Gasteiger partial charge in [0.1, 0.15) is 11.9 Å². The Morgan fingerprint density at radius 3 is 2.73 bits per heavy atom. The number of likely N-dealkylation sites (N-methyl/N-ethyl adjacent to an activating group) is 1. The Kier molecular flexibility index (Phi) is 4.57. The van der Waals surface area contributed by atoms with Gasteiger partial charge in [0.05, 0.1) is 0 Å². The van der Waals surface area contributed by atoms with E-state index in [0.717, 1.165) is 11.3 Å². The molecule has 0 bridgehead atoms. The van der Waals surface area contributed by atoms with E-state index in [-0.39, 0.29) is 11.7 Å². The molecule has 4 rings (SSSR count). The van der Waals surface area contributed by atoms with E-state index in [1.807, 2.05) is 35.5 Å². The molecule has 1 aromatic carbocycles. The molecule has 1 aliphatic heterocycles. The highest BCUT2D eigenvalue weighted by atomic mass is 32.1. The lowest BCUT2D eigenvalue weighted by atomic mass is 9.89. The van der Waals surface area contributed by atoms with Gasteiger partial charge in [-0.15, -0.1) is 11.3 Å². The quantitative estimate of drug-likeness (QED) is 0.741. The number of pyridine rings is 1. The summed E-state index contributed by atoms with van der Waals surface area (Å²) in [5.41, 5.74) is 2.83. The smallest absolute Gasteiger partial charge is 0.132 e. The van der Waals surface area contributed by atoms with Crippen LogP contribution in [0.3, 0.4) is 0 Å². The van der Waals surface area contributed by atoms with E-state index in [4.69, 9.17) is 0 Å². The highest BCUT2D eigenvalue weighted by Gasteiger charge is 2.37. The number of thiophene rings is 1. The fraction of sp³-hybridized carbons (Fsp3) is 0.190. The van der Waals surface area contributed by atoms with Gasteiger partial charge in [0.2, 0.25) is 0 Å². The molecule has 0 spiro atoms. The lowest BCUT2D eigenvalue weighted by molar-refractivity contribution is 0.210.